The van der Waals surface area contributed by atoms with Crippen LogP contribution < -0.4 is 10.6 Å². The van der Waals surface area contributed by atoms with Crippen molar-refractivity contribution in [3.8, 4) is 0 Å². The Hall–Kier alpha value is -1.64. The van der Waals surface area contributed by atoms with Gasteiger partial charge in [0.25, 0.3) is 0 Å². The van der Waals surface area contributed by atoms with Crippen LogP contribution in [-0.2, 0) is 22.5 Å². The molecule has 0 bridgehead atoms. The lowest BCUT2D eigenvalue weighted by Gasteiger charge is -2.30. The zero-order valence-electron chi connectivity index (χ0n) is 12.8. The zero-order valence-corrected chi connectivity index (χ0v) is 13.6. The number of carbonyl (C=O) groups is 2. The molecular formula is C14H20N2O5S. The Labute approximate surface area is 132 Å². The van der Waals surface area contributed by atoms with E-state index < -0.39 is 12.0 Å². The van der Waals surface area contributed by atoms with Crippen molar-refractivity contribution in [3.63, 3.8) is 0 Å². The molecule has 0 saturated carbocycles. The Kier molecular flexibility index (Phi) is 5.05. The lowest BCUT2D eigenvalue weighted by Crippen LogP contribution is -2.32. The number of nitrogens with one attached hydrogen (secondary N) is 2. The number of methoxy groups -OCH3 is 1. The van der Waals surface area contributed by atoms with E-state index in [9.17, 15) is 9.59 Å². The highest BCUT2D eigenvalue weighted by Crippen LogP contribution is 2.40. The second-order valence-electron chi connectivity index (χ2n) is 5.53. The Morgan fingerprint density at radius 3 is 2.82 bits per heavy atom. The van der Waals surface area contributed by atoms with Crippen molar-refractivity contribution in [2.45, 2.75) is 32.5 Å². The quantitative estimate of drug-likeness (QED) is 0.728. The maximum absolute atomic E-state index is 12.1. The van der Waals surface area contributed by atoms with Crippen molar-refractivity contribution in [2.24, 2.45) is 0 Å². The Morgan fingerprint density at radius 2 is 2.18 bits per heavy atom. The van der Waals surface area contributed by atoms with E-state index >= 15 is 0 Å². The van der Waals surface area contributed by atoms with Crippen LogP contribution in [0.3, 0.4) is 0 Å². The Morgan fingerprint density at radius 1 is 1.45 bits per heavy atom. The van der Waals surface area contributed by atoms with Crippen molar-refractivity contribution < 1.29 is 24.2 Å². The van der Waals surface area contributed by atoms with Gasteiger partial charge in [-0.05, 0) is 19.4 Å². The third-order valence-corrected chi connectivity index (χ3v) is 4.42. The minimum Gasteiger partial charge on any atom is -0.465 e. The molecule has 1 aromatic heterocycles. The molecule has 0 unspecified atom stereocenters. The monoisotopic (exact) mass is 328 g/mol. The van der Waals surface area contributed by atoms with E-state index in [0.717, 1.165) is 10.4 Å². The summed E-state index contributed by atoms with van der Waals surface area (Å²) in [5.41, 5.74) is 0.886. The number of anilines is 1. The summed E-state index contributed by atoms with van der Waals surface area (Å²) in [6.45, 7) is 4.29. The van der Waals surface area contributed by atoms with Gasteiger partial charge in [0.05, 0.1) is 31.5 Å². The molecule has 0 atom stereocenters. The molecule has 0 spiro atoms. The van der Waals surface area contributed by atoms with Crippen LogP contribution in [0.1, 0.15) is 34.6 Å². The fourth-order valence-corrected chi connectivity index (χ4v) is 3.39. The van der Waals surface area contributed by atoms with Gasteiger partial charge in [-0.1, -0.05) is 0 Å². The molecule has 1 aliphatic heterocycles. The van der Waals surface area contributed by atoms with Gasteiger partial charge in [-0.25, -0.2) is 9.59 Å². The topological polar surface area (TPSA) is 96.9 Å². The van der Waals surface area contributed by atoms with Crippen LogP contribution in [0.4, 0.5) is 9.80 Å². The molecule has 0 aromatic carbocycles. The first-order chi connectivity index (χ1) is 10.4. The van der Waals surface area contributed by atoms with Crippen LogP contribution in [0.5, 0.6) is 0 Å². The number of hydrogen-bond acceptors (Lipinski definition) is 6. The van der Waals surface area contributed by atoms with E-state index in [1.54, 1.807) is 0 Å². The SMILES string of the molecule is COC(=O)c1c(NC(=O)NCCO)sc2c1CC(C)(C)OC2. The van der Waals surface area contributed by atoms with Gasteiger partial charge < -0.3 is 19.9 Å². The lowest BCUT2D eigenvalue weighted by atomic mass is 9.93. The predicted octanol–water partition coefficient (Wildman–Crippen LogP) is 1.50. The number of ether oxygens (including phenoxy) is 2. The van der Waals surface area contributed by atoms with Gasteiger partial charge in [0.1, 0.15) is 5.00 Å². The van der Waals surface area contributed by atoms with Crippen LogP contribution in [0.25, 0.3) is 0 Å². The average molecular weight is 328 g/mol. The van der Waals surface area contributed by atoms with Crippen LogP contribution in [-0.4, -0.2) is 43.0 Å². The molecule has 3 N–H and O–H groups in total. The van der Waals surface area contributed by atoms with Crippen molar-refractivity contribution in [1.82, 2.24) is 5.32 Å². The number of aliphatic hydroxyl groups excluding tert-OH is 1. The predicted molar refractivity (Wildman–Crippen MR) is 82.3 cm³/mol. The maximum Gasteiger partial charge on any atom is 0.341 e. The molecule has 22 heavy (non-hydrogen) atoms. The fraction of sp³-hybridized carbons (Fsp3) is 0.571. The number of esters is 1. The van der Waals surface area contributed by atoms with Crippen molar-refractivity contribution in [2.75, 3.05) is 25.6 Å². The van der Waals surface area contributed by atoms with Gasteiger partial charge in [-0.3, -0.25) is 5.32 Å². The molecule has 2 heterocycles. The summed E-state index contributed by atoms with van der Waals surface area (Å²) < 4.78 is 10.6. The number of rotatable bonds is 4. The second-order valence-corrected chi connectivity index (χ2v) is 6.63. The highest BCUT2D eigenvalue weighted by molar-refractivity contribution is 7.17. The molecule has 0 fully saturated rings. The van der Waals surface area contributed by atoms with Gasteiger partial charge in [0.2, 0.25) is 0 Å². The summed E-state index contributed by atoms with van der Waals surface area (Å²) in [4.78, 5) is 24.8. The molecular weight excluding hydrogens is 308 g/mol. The fourth-order valence-electron chi connectivity index (χ4n) is 2.28. The van der Waals surface area contributed by atoms with Gasteiger partial charge >= 0.3 is 12.0 Å². The van der Waals surface area contributed by atoms with Gasteiger partial charge in [-0.2, -0.15) is 0 Å². The third kappa shape index (κ3) is 3.57. The van der Waals surface area contributed by atoms with Crippen LogP contribution in [0.2, 0.25) is 0 Å². The molecule has 0 radical (unpaired) electrons. The van der Waals surface area contributed by atoms with Gasteiger partial charge in [0.15, 0.2) is 0 Å². The number of urea groups is 1. The largest absolute Gasteiger partial charge is 0.465 e. The number of fused-ring (bicyclic) bond motifs is 1. The average Bonchev–Trinajstić information content (AvgIpc) is 2.80. The second kappa shape index (κ2) is 6.64. The molecule has 7 nitrogen and oxygen atoms in total. The van der Waals surface area contributed by atoms with E-state index in [1.807, 2.05) is 13.8 Å². The smallest absolute Gasteiger partial charge is 0.341 e. The minimum atomic E-state index is -0.479. The van der Waals surface area contributed by atoms with E-state index in [-0.39, 0.29) is 18.8 Å². The number of thiophene rings is 1. The molecule has 1 aliphatic rings. The Bertz CT molecular complexity index is 582. The van der Waals surface area contributed by atoms with E-state index in [1.165, 1.54) is 18.4 Å². The molecule has 122 valence electrons. The van der Waals surface area contributed by atoms with Gasteiger partial charge in [0, 0.05) is 17.8 Å². The van der Waals surface area contributed by atoms with Crippen molar-refractivity contribution in [3.05, 3.63) is 16.0 Å². The number of aliphatic hydroxyl groups is 1. The zero-order chi connectivity index (χ0) is 16.3. The van der Waals surface area contributed by atoms with E-state index in [0.29, 0.717) is 23.6 Å². The van der Waals surface area contributed by atoms with Crippen molar-refractivity contribution >= 4 is 28.3 Å². The first kappa shape index (κ1) is 16.7. The molecule has 1 aromatic rings. The summed E-state index contributed by atoms with van der Waals surface area (Å²) in [6.07, 6.45) is 0.573. The molecule has 2 amide bonds. The highest BCUT2D eigenvalue weighted by atomic mass is 32.1. The summed E-state index contributed by atoms with van der Waals surface area (Å²) in [7, 11) is 1.31. The molecule has 2 rings (SSSR count). The summed E-state index contributed by atoms with van der Waals surface area (Å²) >= 11 is 1.31. The van der Waals surface area contributed by atoms with Crippen LogP contribution in [0, 0.1) is 0 Å². The third-order valence-electron chi connectivity index (χ3n) is 3.30. The van der Waals surface area contributed by atoms with Crippen molar-refractivity contribution in [1.29, 1.82) is 0 Å². The molecule has 8 heteroatoms. The summed E-state index contributed by atoms with van der Waals surface area (Å²) in [6, 6.07) is -0.474. The first-order valence-electron chi connectivity index (χ1n) is 6.90. The lowest BCUT2D eigenvalue weighted by molar-refractivity contribution is -0.0384. The van der Waals surface area contributed by atoms with Gasteiger partial charge in [-0.15, -0.1) is 11.3 Å². The van der Waals surface area contributed by atoms with E-state index in [4.69, 9.17) is 14.6 Å². The van der Waals surface area contributed by atoms with Crippen LogP contribution >= 0.6 is 11.3 Å². The molecule has 0 aliphatic carbocycles. The highest BCUT2D eigenvalue weighted by Gasteiger charge is 2.34. The normalized spacial score (nSPS) is 15.8. The first-order valence-corrected chi connectivity index (χ1v) is 7.72. The maximum atomic E-state index is 12.1. The number of hydrogen-bond donors (Lipinski definition) is 3. The number of amides is 2. The summed E-state index contributed by atoms with van der Waals surface area (Å²) in [5, 5.41) is 14.3. The standard InChI is InChI=1S/C14H20N2O5S/c1-14(2)6-8-9(7-21-14)22-11(10(8)12(18)20-3)16-13(19)15-4-5-17/h17H,4-7H2,1-3H3,(H2,15,16,19). The number of carbonyl (C=O) groups excluding carboxylic acids is 2. The minimum absolute atomic E-state index is 0.140. The van der Waals surface area contributed by atoms with E-state index in [2.05, 4.69) is 10.6 Å². The Balaban J connectivity index is 2.32. The summed E-state index contributed by atoms with van der Waals surface area (Å²) in [5.74, 6) is -0.479. The van der Waals surface area contributed by atoms with Crippen LogP contribution in [0.15, 0.2) is 0 Å². The molecule has 0 saturated heterocycles.